The molecule has 0 aromatic heterocycles. The topological polar surface area (TPSA) is 40.1 Å². The number of rotatable bonds is 2. The minimum Gasteiger partial charge on any atom is -0.550 e. The molecule has 0 N–H and O–H groups in total. The van der Waals surface area contributed by atoms with Gasteiger partial charge in [0.2, 0.25) is 0 Å². The smallest absolute Gasteiger partial charge is 0.550 e. The van der Waals surface area contributed by atoms with E-state index in [0.29, 0.717) is 6.07 Å². The maximum atomic E-state index is 12.7. The Morgan fingerprint density at radius 1 is 1.21 bits per heavy atom. The normalized spacial score (nSPS) is 9.36. The van der Waals surface area contributed by atoms with E-state index in [0.717, 1.165) is 6.07 Å². The van der Waals surface area contributed by atoms with Crippen molar-refractivity contribution in [2.75, 3.05) is 0 Å². The molecule has 1 aromatic carbocycles. The van der Waals surface area contributed by atoms with Gasteiger partial charge in [0.1, 0.15) is 0 Å². The summed E-state index contributed by atoms with van der Waals surface area (Å²) in [6.07, 6.45) is -0.775. The molecule has 0 fully saturated rings. The largest absolute Gasteiger partial charge is 1.00 e. The van der Waals surface area contributed by atoms with Gasteiger partial charge in [-0.25, -0.2) is 13.2 Å². The van der Waals surface area contributed by atoms with Crippen LogP contribution in [0.1, 0.15) is 5.56 Å². The molecular weight excluding hydrogens is 192 g/mol. The molecule has 0 bridgehead atoms. The first-order valence-electron chi connectivity index (χ1n) is 3.34. The summed E-state index contributed by atoms with van der Waals surface area (Å²) >= 11 is 0. The molecule has 0 aliphatic heterocycles. The summed E-state index contributed by atoms with van der Waals surface area (Å²) in [6.45, 7) is 0. The van der Waals surface area contributed by atoms with Gasteiger partial charge in [-0.2, -0.15) is 0 Å². The maximum Gasteiger partial charge on any atom is 1.00 e. The van der Waals surface area contributed by atoms with Crippen molar-refractivity contribution in [1.82, 2.24) is 0 Å². The van der Waals surface area contributed by atoms with Crippen LogP contribution in [0.2, 0.25) is 0 Å². The van der Waals surface area contributed by atoms with E-state index in [1.807, 2.05) is 0 Å². The van der Waals surface area contributed by atoms with Crippen molar-refractivity contribution in [2.45, 2.75) is 6.42 Å². The first-order chi connectivity index (χ1) is 6.02. The first-order valence-corrected chi connectivity index (χ1v) is 3.34. The van der Waals surface area contributed by atoms with Crippen LogP contribution in [0.5, 0.6) is 0 Å². The Bertz CT molecular complexity index is 355. The van der Waals surface area contributed by atoms with Crippen LogP contribution < -0.4 is 24.0 Å². The summed E-state index contributed by atoms with van der Waals surface area (Å²) in [5, 5.41) is 10.0. The Balaban J connectivity index is 0.00000169. The SMILES string of the molecule is O=C([O-])Cc1ccc(F)c(F)c1F.[Li+]. The number of carbonyl (C=O) groups is 1. The van der Waals surface area contributed by atoms with Gasteiger partial charge in [0.15, 0.2) is 17.5 Å². The molecule has 0 amide bonds. The van der Waals surface area contributed by atoms with Crippen molar-refractivity contribution in [3.8, 4) is 0 Å². The van der Waals surface area contributed by atoms with Crippen molar-refractivity contribution in [2.24, 2.45) is 0 Å². The Hall–Kier alpha value is -0.923. The fraction of sp³-hybridized carbons (Fsp3) is 0.125. The monoisotopic (exact) mass is 196 g/mol. The molecule has 70 valence electrons. The Labute approximate surface area is 89.9 Å². The first kappa shape index (κ1) is 13.1. The molecule has 0 unspecified atom stereocenters. The number of carboxylic acids is 1. The zero-order valence-electron chi connectivity index (χ0n) is 7.31. The maximum absolute atomic E-state index is 12.7. The van der Waals surface area contributed by atoms with Gasteiger partial charge in [0.25, 0.3) is 0 Å². The number of benzene rings is 1. The second-order valence-electron chi connectivity index (χ2n) is 2.38. The number of carboxylic acid groups (broad SMARTS) is 1. The molecule has 0 atom stereocenters. The Morgan fingerprint density at radius 3 is 2.29 bits per heavy atom. The quantitative estimate of drug-likeness (QED) is 0.384. The van der Waals surface area contributed by atoms with Crippen molar-refractivity contribution < 1.29 is 41.9 Å². The van der Waals surface area contributed by atoms with E-state index in [4.69, 9.17) is 0 Å². The van der Waals surface area contributed by atoms with E-state index in [2.05, 4.69) is 0 Å². The van der Waals surface area contributed by atoms with E-state index in [9.17, 15) is 23.1 Å². The molecule has 2 nitrogen and oxygen atoms in total. The van der Waals surface area contributed by atoms with Gasteiger partial charge in [0.05, 0.1) is 0 Å². The van der Waals surface area contributed by atoms with Crippen LogP contribution in [0, 0.1) is 17.5 Å². The molecule has 1 aromatic rings. The molecule has 14 heavy (non-hydrogen) atoms. The third-order valence-electron chi connectivity index (χ3n) is 1.45. The van der Waals surface area contributed by atoms with E-state index < -0.39 is 35.4 Å². The van der Waals surface area contributed by atoms with Gasteiger partial charge < -0.3 is 9.90 Å². The number of aliphatic carboxylic acids is 1. The minimum absolute atomic E-state index is 0. The van der Waals surface area contributed by atoms with Gasteiger partial charge in [-0.15, -0.1) is 0 Å². The van der Waals surface area contributed by atoms with E-state index >= 15 is 0 Å². The second-order valence-corrected chi connectivity index (χ2v) is 2.38. The number of hydrogen-bond acceptors (Lipinski definition) is 2. The molecule has 0 spiro atoms. The molecule has 0 aliphatic carbocycles. The summed E-state index contributed by atoms with van der Waals surface area (Å²) in [7, 11) is 0. The van der Waals surface area contributed by atoms with Gasteiger partial charge in [0, 0.05) is 12.4 Å². The van der Waals surface area contributed by atoms with Crippen LogP contribution in [0.4, 0.5) is 13.2 Å². The Kier molecular flexibility index (Phi) is 4.75. The molecule has 0 saturated heterocycles. The van der Waals surface area contributed by atoms with Gasteiger partial charge in [-0.1, -0.05) is 6.07 Å². The number of hydrogen-bond donors (Lipinski definition) is 0. The van der Waals surface area contributed by atoms with Crippen LogP contribution in [-0.4, -0.2) is 5.97 Å². The molecule has 0 heterocycles. The molecule has 6 heteroatoms. The average molecular weight is 196 g/mol. The zero-order valence-corrected chi connectivity index (χ0v) is 7.31. The molecular formula is C8H4F3LiO2. The van der Waals surface area contributed by atoms with E-state index in [1.54, 1.807) is 0 Å². The van der Waals surface area contributed by atoms with Crippen LogP contribution in [0.15, 0.2) is 12.1 Å². The second kappa shape index (κ2) is 5.08. The standard InChI is InChI=1S/C8H5F3O2.Li/c9-5-2-1-4(3-6(12)13)7(10)8(5)11;/h1-2H,3H2,(H,12,13);/q;+1/p-1. The molecule has 0 aliphatic rings. The summed E-state index contributed by atoms with van der Waals surface area (Å²) in [4.78, 5) is 10.0. The molecule has 0 saturated carbocycles. The van der Waals surface area contributed by atoms with Crippen molar-refractivity contribution in [3.05, 3.63) is 35.1 Å². The minimum atomic E-state index is -1.67. The summed E-state index contributed by atoms with van der Waals surface area (Å²) in [6, 6.07) is 1.53. The van der Waals surface area contributed by atoms with Gasteiger partial charge in [-0.3, -0.25) is 0 Å². The van der Waals surface area contributed by atoms with Crippen LogP contribution >= 0.6 is 0 Å². The average Bonchev–Trinajstić information content (AvgIpc) is 2.06. The third-order valence-corrected chi connectivity index (χ3v) is 1.45. The summed E-state index contributed by atoms with van der Waals surface area (Å²) in [5.74, 6) is -6.05. The van der Waals surface area contributed by atoms with Crippen LogP contribution in [-0.2, 0) is 11.2 Å². The number of halogens is 3. The van der Waals surface area contributed by atoms with Crippen LogP contribution in [0.25, 0.3) is 0 Å². The fourth-order valence-electron chi connectivity index (χ4n) is 0.858. The summed E-state index contributed by atoms with van der Waals surface area (Å²) in [5.41, 5.74) is -0.432. The Morgan fingerprint density at radius 2 is 1.79 bits per heavy atom. The third kappa shape index (κ3) is 2.79. The van der Waals surface area contributed by atoms with Gasteiger partial charge in [-0.05, 0) is 11.6 Å². The van der Waals surface area contributed by atoms with E-state index in [-0.39, 0.29) is 18.9 Å². The predicted molar refractivity (Wildman–Crippen MR) is 35.0 cm³/mol. The predicted octanol–water partition coefficient (Wildman–Crippen LogP) is -2.60. The molecule has 1 rings (SSSR count). The van der Waals surface area contributed by atoms with Crippen molar-refractivity contribution in [1.29, 1.82) is 0 Å². The molecule has 0 radical (unpaired) electrons. The fourth-order valence-corrected chi connectivity index (χ4v) is 0.858. The zero-order chi connectivity index (χ0) is 10.0. The number of carbonyl (C=O) groups excluding carboxylic acids is 1. The van der Waals surface area contributed by atoms with Gasteiger partial charge >= 0.3 is 18.9 Å². The summed E-state index contributed by atoms with van der Waals surface area (Å²) < 4.78 is 37.5. The van der Waals surface area contributed by atoms with Crippen molar-refractivity contribution in [3.63, 3.8) is 0 Å². The van der Waals surface area contributed by atoms with E-state index in [1.165, 1.54) is 0 Å². The van der Waals surface area contributed by atoms with Crippen LogP contribution in [0.3, 0.4) is 0 Å². The van der Waals surface area contributed by atoms with Crippen molar-refractivity contribution >= 4 is 5.97 Å².